The highest BCUT2D eigenvalue weighted by molar-refractivity contribution is 5.85. The number of likely N-dealkylation sites (N-methyl/N-ethyl adjacent to an activating group) is 2. The van der Waals surface area contributed by atoms with Gasteiger partial charge in [0.05, 0.1) is 6.61 Å². The topological polar surface area (TPSA) is 70.1 Å². The van der Waals surface area contributed by atoms with Crippen molar-refractivity contribution in [1.29, 1.82) is 0 Å². The average Bonchev–Trinajstić information content (AvgIpc) is 2.32. The molecule has 106 valence electrons. The van der Waals surface area contributed by atoms with Gasteiger partial charge in [-0.25, -0.2) is 9.59 Å². The van der Waals surface area contributed by atoms with Crippen molar-refractivity contribution in [2.24, 2.45) is 0 Å². The van der Waals surface area contributed by atoms with Crippen LogP contribution >= 0.6 is 0 Å². The van der Waals surface area contributed by atoms with Crippen molar-refractivity contribution in [3.05, 3.63) is 0 Å². The summed E-state index contributed by atoms with van der Waals surface area (Å²) < 4.78 is 5.20. The zero-order valence-electron chi connectivity index (χ0n) is 11.9. The average molecular weight is 260 g/mol. The van der Waals surface area contributed by atoms with Gasteiger partial charge in [-0.15, -0.1) is 0 Å². The number of aliphatic carboxylic acids is 1. The second-order valence-electron chi connectivity index (χ2n) is 4.48. The molecule has 0 saturated heterocycles. The number of carbonyl (C=O) groups is 2. The number of ether oxygens (including phenoxy) is 1. The third-order valence-electron chi connectivity index (χ3n) is 3.01. The SMILES string of the molecule is CCOCCN(CC)C(=O)N(C)C(C)(C)C(=O)O. The van der Waals surface area contributed by atoms with Crippen LogP contribution in [0.1, 0.15) is 27.7 Å². The van der Waals surface area contributed by atoms with E-state index in [0.29, 0.717) is 26.3 Å². The van der Waals surface area contributed by atoms with Crippen LogP contribution in [0.25, 0.3) is 0 Å². The molecule has 0 spiro atoms. The van der Waals surface area contributed by atoms with Gasteiger partial charge in [0.15, 0.2) is 0 Å². The molecule has 0 aliphatic heterocycles. The Bertz CT molecular complexity index is 292. The van der Waals surface area contributed by atoms with Crippen molar-refractivity contribution in [3.8, 4) is 0 Å². The number of hydrogen-bond donors (Lipinski definition) is 1. The second kappa shape index (κ2) is 7.20. The lowest BCUT2D eigenvalue weighted by molar-refractivity contribution is -0.147. The van der Waals surface area contributed by atoms with Gasteiger partial charge in [0.1, 0.15) is 5.54 Å². The zero-order valence-corrected chi connectivity index (χ0v) is 11.9. The number of hydrogen-bond acceptors (Lipinski definition) is 3. The maximum atomic E-state index is 12.2. The molecule has 1 N–H and O–H groups in total. The molecule has 0 aromatic rings. The molecule has 0 fully saturated rings. The molecule has 0 atom stereocenters. The van der Waals surface area contributed by atoms with Crippen molar-refractivity contribution < 1.29 is 19.4 Å². The lowest BCUT2D eigenvalue weighted by Gasteiger charge is -2.35. The van der Waals surface area contributed by atoms with E-state index in [1.54, 1.807) is 4.90 Å². The van der Waals surface area contributed by atoms with Crippen LogP contribution in [0.3, 0.4) is 0 Å². The standard InChI is InChI=1S/C12H24N2O4/c1-6-14(8-9-18-7-2)11(17)13(5)12(3,4)10(15)16/h6-9H2,1-5H3,(H,15,16). The number of urea groups is 1. The molecule has 6 nitrogen and oxygen atoms in total. The van der Waals surface area contributed by atoms with E-state index in [1.165, 1.54) is 25.8 Å². The molecule has 6 heteroatoms. The number of carboxylic acid groups (broad SMARTS) is 1. The Morgan fingerprint density at radius 3 is 2.22 bits per heavy atom. The van der Waals surface area contributed by atoms with Crippen LogP contribution in [0, 0.1) is 0 Å². The molecule has 0 rings (SSSR count). The summed E-state index contributed by atoms with van der Waals surface area (Å²) in [6, 6.07) is -0.301. The van der Waals surface area contributed by atoms with Crippen LogP contribution in [0.5, 0.6) is 0 Å². The summed E-state index contributed by atoms with van der Waals surface area (Å²) in [5.41, 5.74) is -1.23. The number of carbonyl (C=O) groups excluding carboxylic acids is 1. The van der Waals surface area contributed by atoms with Crippen molar-refractivity contribution in [3.63, 3.8) is 0 Å². The van der Waals surface area contributed by atoms with Crippen molar-refractivity contribution in [2.75, 3.05) is 33.4 Å². The predicted octanol–water partition coefficient (Wildman–Crippen LogP) is 1.26. The fourth-order valence-electron chi connectivity index (χ4n) is 1.30. The number of carboxylic acids is 1. The molecule has 0 aliphatic carbocycles. The van der Waals surface area contributed by atoms with E-state index in [4.69, 9.17) is 9.84 Å². The molecule has 0 aliphatic rings. The Labute approximate surface area is 109 Å². The van der Waals surface area contributed by atoms with E-state index < -0.39 is 11.5 Å². The third-order valence-corrected chi connectivity index (χ3v) is 3.01. The fourth-order valence-corrected chi connectivity index (χ4v) is 1.30. The number of nitrogens with zero attached hydrogens (tertiary/aromatic N) is 2. The van der Waals surface area contributed by atoms with E-state index in [0.717, 1.165) is 0 Å². The highest BCUT2D eigenvalue weighted by Crippen LogP contribution is 2.14. The first kappa shape index (κ1) is 16.7. The van der Waals surface area contributed by atoms with Crippen LogP contribution in [-0.4, -0.2) is 65.8 Å². The van der Waals surface area contributed by atoms with Crippen molar-refractivity contribution in [2.45, 2.75) is 33.2 Å². The lowest BCUT2D eigenvalue weighted by Crippen LogP contribution is -2.55. The van der Waals surface area contributed by atoms with Gasteiger partial charge in [-0.3, -0.25) is 0 Å². The Morgan fingerprint density at radius 1 is 1.28 bits per heavy atom. The van der Waals surface area contributed by atoms with E-state index in [9.17, 15) is 9.59 Å². The Morgan fingerprint density at radius 2 is 1.83 bits per heavy atom. The van der Waals surface area contributed by atoms with Crippen LogP contribution in [0.15, 0.2) is 0 Å². The first-order valence-electron chi connectivity index (χ1n) is 6.12. The highest BCUT2D eigenvalue weighted by Gasteiger charge is 2.36. The van der Waals surface area contributed by atoms with Gasteiger partial charge in [0.2, 0.25) is 0 Å². The van der Waals surface area contributed by atoms with Crippen molar-refractivity contribution in [1.82, 2.24) is 9.80 Å². The predicted molar refractivity (Wildman–Crippen MR) is 68.6 cm³/mol. The number of amides is 2. The van der Waals surface area contributed by atoms with Gasteiger partial charge < -0.3 is 19.6 Å². The molecule has 0 saturated carbocycles. The monoisotopic (exact) mass is 260 g/mol. The van der Waals surface area contributed by atoms with E-state index in [2.05, 4.69) is 0 Å². The Hall–Kier alpha value is -1.30. The molecule has 18 heavy (non-hydrogen) atoms. The largest absolute Gasteiger partial charge is 0.480 e. The molecule has 0 unspecified atom stereocenters. The first-order valence-corrected chi connectivity index (χ1v) is 6.12. The Kier molecular flexibility index (Phi) is 6.68. The van der Waals surface area contributed by atoms with Gasteiger partial charge in [-0.2, -0.15) is 0 Å². The Balaban J connectivity index is 4.63. The van der Waals surface area contributed by atoms with Crippen LogP contribution in [0.4, 0.5) is 4.79 Å². The molecule has 0 bridgehead atoms. The van der Waals surface area contributed by atoms with E-state index >= 15 is 0 Å². The molecule has 0 heterocycles. The minimum absolute atomic E-state index is 0.301. The fraction of sp³-hybridized carbons (Fsp3) is 0.833. The van der Waals surface area contributed by atoms with Gasteiger partial charge >= 0.3 is 12.0 Å². The molecule has 2 amide bonds. The second-order valence-corrected chi connectivity index (χ2v) is 4.48. The van der Waals surface area contributed by atoms with Gasteiger partial charge in [0.25, 0.3) is 0 Å². The molecule has 0 radical (unpaired) electrons. The van der Waals surface area contributed by atoms with Gasteiger partial charge in [-0.1, -0.05) is 0 Å². The summed E-state index contributed by atoms with van der Waals surface area (Å²) in [5.74, 6) is -1.03. The summed E-state index contributed by atoms with van der Waals surface area (Å²) >= 11 is 0. The minimum atomic E-state index is -1.23. The smallest absolute Gasteiger partial charge is 0.329 e. The molecule has 0 aromatic carbocycles. The van der Waals surface area contributed by atoms with Crippen LogP contribution in [-0.2, 0) is 9.53 Å². The maximum absolute atomic E-state index is 12.2. The minimum Gasteiger partial charge on any atom is -0.480 e. The van der Waals surface area contributed by atoms with Crippen molar-refractivity contribution >= 4 is 12.0 Å². The normalized spacial score (nSPS) is 11.2. The summed E-state index contributed by atoms with van der Waals surface area (Å²) in [7, 11) is 1.50. The van der Waals surface area contributed by atoms with Crippen LogP contribution in [0.2, 0.25) is 0 Å². The van der Waals surface area contributed by atoms with Gasteiger partial charge in [0, 0.05) is 26.7 Å². The molecular weight excluding hydrogens is 236 g/mol. The van der Waals surface area contributed by atoms with E-state index in [-0.39, 0.29) is 6.03 Å². The molecular formula is C12H24N2O4. The summed E-state index contributed by atoms with van der Waals surface area (Å²) in [6.45, 7) is 8.78. The maximum Gasteiger partial charge on any atom is 0.329 e. The quantitative estimate of drug-likeness (QED) is 0.700. The van der Waals surface area contributed by atoms with Crippen LogP contribution < -0.4 is 0 Å². The summed E-state index contributed by atoms with van der Waals surface area (Å²) in [6.07, 6.45) is 0. The lowest BCUT2D eigenvalue weighted by atomic mass is 10.0. The third kappa shape index (κ3) is 4.18. The first-order chi connectivity index (χ1) is 8.28. The number of rotatable bonds is 7. The molecule has 0 aromatic heterocycles. The zero-order chi connectivity index (χ0) is 14.3. The summed E-state index contributed by atoms with van der Waals surface area (Å²) in [4.78, 5) is 26.1. The summed E-state index contributed by atoms with van der Waals surface area (Å²) in [5, 5.41) is 9.09. The van der Waals surface area contributed by atoms with E-state index in [1.807, 2.05) is 13.8 Å². The van der Waals surface area contributed by atoms with Gasteiger partial charge in [-0.05, 0) is 27.7 Å². The highest BCUT2D eigenvalue weighted by atomic mass is 16.5.